The lowest BCUT2D eigenvalue weighted by Gasteiger charge is -2.46. The van der Waals surface area contributed by atoms with Gasteiger partial charge >= 0.3 is 6.03 Å². The zero-order valence-electron chi connectivity index (χ0n) is 24.8. The fourth-order valence-corrected chi connectivity index (χ4v) is 6.37. The van der Waals surface area contributed by atoms with Gasteiger partial charge in [-0.25, -0.2) is 4.79 Å². The molecule has 2 fully saturated rings. The van der Waals surface area contributed by atoms with E-state index in [2.05, 4.69) is 18.5 Å². The highest BCUT2D eigenvalue weighted by Crippen LogP contribution is 2.34. The van der Waals surface area contributed by atoms with Crippen LogP contribution in [0.5, 0.6) is 5.75 Å². The van der Waals surface area contributed by atoms with Gasteiger partial charge in [-0.3, -0.25) is 14.6 Å². The summed E-state index contributed by atoms with van der Waals surface area (Å²) in [5.41, 5.74) is 15.3. The third-order valence-corrected chi connectivity index (χ3v) is 8.66. The molecular formula is C33H37N7O4S. The quantitative estimate of drug-likeness (QED) is 0.144. The lowest BCUT2D eigenvalue weighted by molar-refractivity contribution is -0.157. The van der Waals surface area contributed by atoms with E-state index in [0.29, 0.717) is 17.3 Å². The zero-order chi connectivity index (χ0) is 32.1. The van der Waals surface area contributed by atoms with Crippen LogP contribution in [0, 0.1) is 0 Å². The molecule has 2 heterocycles. The van der Waals surface area contributed by atoms with Crippen molar-refractivity contribution in [2.24, 2.45) is 5.73 Å². The molecule has 0 aliphatic carbocycles. The van der Waals surface area contributed by atoms with E-state index in [9.17, 15) is 19.5 Å². The molecule has 4 amide bonds. The summed E-state index contributed by atoms with van der Waals surface area (Å²) in [6, 6.07) is 20.4. The Hall–Kier alpha value is -4.94. The Morgan fingerprint density at radius 3 is 2.49 bits per heavy atom. The van der Waals surface area contributed by atoms with Gasteiger partial charge in [0.25, 0.3) is 0 Å². The maximum atomic E-state index is 14.1. The molecule has 2 aliphatic rings. The molecule has 45 heavy (non-hydrogen) atoms. The van der Waals surface area contributed by atoms with Gasteiger partial charge < -0.3 is 31.7 Å². The fourth-order valence-electron chi connectivity index (χ4n) is 5.70. The molecule has 0 aromatic heterocycles. The Kier molecular flexibility index (Phi) is 9.65. The molecule has 0 spiro atoms. The van der Waals surface area contributed by atoms with Gasteiger partial charge in [0.05, 0.1) is 30.4 Å². The van der Waals surface area contributed by atoms with Crippen molar-refractivity contribution in [1.82, 2.24) is 25.1 Å². The molecule has 0 bridgehead atoms. The Bertz CT molecular complexity index is 1580. The first-order valence-corrected chi connectivity index (χ1v) is 15.3. The van der Waals surface area contributed by atoms with Crippen LogP contribution in [0.3, 0.4) is 0 Å². The van der Waals surface area contributed by atoms with Crippen molar-refractivity contribution in [3.8, 4) is 5.75 Å². The van der Waals surface area contributed by atoms with Crippen LogP contribution >= 0.6 is 11.8 Å². The number of hydrogen-bond acceptors (Lipinski definition) is 8. The third kappa shape index (κ3) is 7.08. The number of piperazine rings is 1. The first-order chi connectivity index (χ1) is 21.7. The Balaban J connectivity index is 1.46. The fraction of sp³-hybridized carbons (Fsp3) is 0.242. The Morgan fingerprint density at radius 2 is 1.80 bits per heavy atom. The SMILES string of the molecule is C=CCN(C(=O)NCc1ccccc1)N1CC(=O)N2[C@@H](Cc3ccc(O)cc3)C(=O)N(Cc3cccc(SC(=C)N)c3N)C[C@@H]21. The summed E-state index contributed by atoms with van der Waals surface area (Å²) >= 11 is 1.25. The van der Waals surface area contributed by atoms with Crippen molar-refractivity contribution in [3.05, 3.63) is 114 Å². The molecule has 11 nitrogen and oxygen atoms in total. The van der Waals surface area contributed by atoms with Crippen LogP contribution in [-0.4, -0.2) is 74.6 Å². The molecule has 2 saturated heterocycles. The van der Waals surface area contributed by atoms with Crippen LogP contribution in [0.25, 0.3) is 0 Å². The van der Waals surface area contributed by atoms with Gasteiger partial charge in [-0.15, -0.1) is 6.58 Å². The second kappa shape index (κ2) is 13.8. The van der Waals surface area contributed by atoms with Gasteiger partial charge in [0.15, 0.2) is 0 Å². The van der Waals surface area contributed by atoms with E-state index in [1.807, 2.05) is 48.5 Å². The number of carbonyl (C=O) groups is 3. The largest absolute Gasteiger partial charge is 0.508 e. The summed E-state index contributed by atoms with van der Waals surface area (Å²) in [6.45, 7) is 8.30. The number of amides is 4. The number of thioether (sulfide) groups is 1. The minimum absolute atomic E-state index is 0.0860. The Morgan fingerprint density at radius 1 is 1.07 bits per heavy atom. The van der Waals surface area contributed by atoms with Crippen molar-refractivity contribution >= 4 is 35.3 Å². The monoisotopic (exact) mass is 627 g/mol. The maximum absolute atomic E-state index is 14.1. The van der Waals surface area contributed by atoms with Gasteiger partial charge in [0.2, 0.25) is 11.8 Å². The number of anilines is 1. The second-order valence-electron chi connectivity index (χ2n) is 10.9. The normalized spacial score (nSPS) is 18.0. The van der Waals surface area contributed by atoms with Crippen LogP contribution < -0.4 is 16.8 Å². The molecule has 0 saturated carbocycles. The number of carbonyl (C=O) groups excluding carboxylic acids is 3. The van der Waals surface area contributed by atoms with Crippen LogP contribution in [-0.2, 0) is 29.1 Å². The number of phenolic OH excluding ortho intramolecular Hbond substituents is 1. The maximum Gasteiger partial charge on any atom is 0.332 e. The predicted octanol–water partition coefficient (Wildman–Crippen LogP) is 3.23. The third-order valence-electron chi connectivity index (χ3n) is 7.82. The lowest BCUT2D eigenvalue weighted by atomic mass is 9.99. The second-order valence-corrected chi connectivity index (χ2v) is 12.1. The average Bonchev–Trinajstić information content (AvgIpc) is 3.35. The minimum atomic E-state index is -0.841. The summed E-state index contributed by atoms with van der Waals surface area (Å²) in [5, 5.41) is 16.3. The zero-order valence-corrected chi connectivity index (χ0v) is 25.7. The van der Waals surface area contributed by atoms with Crippen molar-refractivity contribution < 1.29 is 19.5 Å². The number of benzene rings is 3. The number of hydrogen-bond donors (Lipinski definition) is 4. The molecule has 2 aliphatic heterocycles. The van der Waals surface area contributed by atoms with Crippen LogP contribution in [0.2, 0.25) is 0 Å². The molecule has 3 aromatic carbocycles. The van der Waals surface area contributed by atoms with E-state index in [4.69, 9.17) is 11.5 Å². The molecular weight excluding hydrogens is 590 g/mol. The molecule has 3 aromatic rings. The van der Waals surface area contributed by atoms with Gasteiger partial charge in [-0.2, -0.15) is 5.01 Å². The van der Waals surface area contributed by atoms with E-state index in [0.717, 1.165) is 21.6 Å². The van der Waals surface area contributed by atoms with E-state index in [1.165, 1.54) is 16.8 Å². The number of nitrogens with zero attached hydrogens (tertiary/aromatic N) is 4. The summed E-state index contributed by atoms with van der Waals surface area (Å²) in [7, 11) is 0. The number of hydrazine groups is 1. The highest BCUT2D eigenvalue weighted by molar-refractivity contribution is 8.03. The standard InChI is InChI=1S/C33H37N7O4S/c1-3-16-38(33(44)36-18-24-8-5-4-6-9-24)39-21-30(42)40-27(17-23-12-14-26(41)15-13-23)32(43)37(20-29(39)40)19-25-10-7-11-28(31(25)35)45-22(2)34/h3-15,27,29,41H,1-2,16-21,34-35H2,(H,36,44)/t27-,29+/m0/s1. The number of para-hydroxylation sites is 1. The molecule has 5 rings (SSSR count). The summed E-state index contributed by atoms with van der Waals surface area (Å²) in [4.78, 5) is 45.3. The van der Waals surface area contributed by atoms with Crippen LogP contribution in [0.15, 0.2) is 102 Å². The van der Waals surface area contributed by atoms with Crippen molar-refractivity contribution in [2.75, 3.05) is 25.4 Å². The van der Waals surface area contributed by atoms with E-state index < -0.39 is 12.2 Å². The average molecular weight is 628 g/mol. The molecule has 12 heteroatoms. The first-order valence-electron chi connectivity index (χ1n) is 14.5. The molecule has 2 atom stereocenters. The predicted molar refractivity (Wildman–Crippen MR) is 174 cm³/mol. The topological polar surface area (TPSA) is 148 Å². The number of aromatic hydroxyl groups is 1. The van der Waals surface area contributed by atoms with E-state index in [-0.39, 0.29) is 56.2 Å². The minimum Gasteiger partial charge on any atom is -0.508 e. The lowest BCUT2D eigenvalue weighted by Crippen LogP contribution is -2.66. The van der Waals surface area contributed by atoms with E-state index in [1.54, 1.807) is 45.2 Å². The number of nitrogens with two attached hydrogens (primary N) is 2. The van der Waals surface area contributed by atoms with Crippen LogP contribution in [0.1, 0.15) is 16.7 Å². The molecule has 234 valence electrons. The van der Waals surface area contributed by atoms with Crippen molar-refractivity contribution in [1.29, 1.82) is 0 Å². The molecule has 0 unspecified atom stereocenters. The number of fused-ring (bicyclic) bond motifs is 1. The highest BCUT2D eigenvalue weighted by atomic mass is 32.2. The summed E-state index contributed by atoms with van der Waals surface area (Å²) in [6.07, 6.45) is 1.21. The van der Waals surface area contributed by atoms with Crippen molar-refractivity contribution in [2.45, 2.75) is 36.6 Å². The highest BCUT2D eigenvalue weighted by Gasteiger charge is 2.52. The summed E-state index contributed by atoms with van der Waals surface area (Å²) < 4.78 is 0. The van der Waals surface area contributed by atoms with Crippen LogP contribution in [0.4, 0.5) is 10.5 Å². The smallest absolute Gasteiger partial charge is 0.332 e. The summed E-state index contributed by atoms with van der Waals surface area (Å²) in [5.74, 6) is -0.397. The Labute approximate surface area is 266 Å². The first kappa shape index (κ1) is 31.5. The number of phenols is 1. The van der Waals surface area contributed by atoms with E-state index >= 15 is 0 Å². The number of rotatable bonds is 11. The van der Waals surface area contributed by atoms with Gasteiger partial charge in [-0.05, 0) is 34.9 Å². The van der Waals surface area contributed by atoms with Crippen molar-refractivity contribution in [3.63, 3.8) is 0 Å². The number of nitrogens with one attached hydrogen (secondary N) is 1. The van der Waals surface area contributed by atoms with Gasteiger partial charge in [-0.1, -0.05) is 79.0 Å². The molecule has 0 radical (unpaired) electrons. The van der Waals surface area contributed by atoms with Gasteiger partial charge in [0.1, 0.15) is 18.0 Å². The van der Waals surface area contributed by atoms with Gasteiger partial charge in [0, 0.05) is 24.4 Å². The number of nitrogen functional groups attached to an aromatic ring is 1. The molecule has 6 N–H and O–H groups in total. The number of urea groups is 1.